The number of amides is 2. The molecule has 2 aliphatic heterocycles. The summed E-state index contributed by atoms with van der Waals surface area (Å²) in [5.74, 6) is 2.37. The van der Waals surface area contributed by atoms with Gasteiger partial charge in [-0.2, -0.15) is 0 Å². The average molecular weight is 349 g/mol. The molecule has 0 aromatic carbocycles. The molecule has 2 rings (SSSR count). The molecule has 2 atom stereocenters. The molecule has 2 amide bonds. The highest BCUT2D eigenvalue weighted by molar-refractivity contribution is 5.84. The lowest BCUT2D eigenvalue weighted by Crippen LogP contribution is -2.57. The van der Waals surface area contributed by atoms with Gasteiger partial charge < -0.3 is 19.9 Å². The van der Waals surface area contributed by atoms with E-state index in [4.69, 9.17) is 11.2 Å². The summed E-state index contributed by atoms with van der Waals surface area (Å²) in [6.07, 6.45) is 8.68. The van der Waals surface area contributed by atoms with Gasteiger partial charge in [0.25, 0.3) is 5.91 Å². The monoisotopic (exact) mass is 349 g/mol. The number of terminal acetylenes is 1. The predicted molar refractivity (Wildman–Crippen MR) is 96.8 cm³/mol. The lowest BCUT2D eigenvalue weighted by atomic mass is 9.73. The van der Waals surface area contributed by atoms with Crippen molar-refractivity contribution in [3.63, 3.8) is 0 Å². The third-order valence-corrected chi connectivity index (χ3v) is 5.33. The molecule has 140 valence electrons. The Balaban J connectivity index is 1.84. The predicted octanol–water partition coefficient (Wildman–Crippen LogP) is 0.864. The molecule has 0 aliphatic carbocycles. The van der Waals surface area contributed by atoms with Gasteiger partial charge in [0.05, 0.1) is 5.41 Å². The van der Waals surface area contributed by atoms with Crippen molar-refractivity contribution in [2.24, 2.45) is 5.41 Å². The summed E-state index contributed by atoms with van der Waals surface area (Å²) in [6.45, 7) is 7.29. The van der Waals surface area contributed by atoms with Crippen molar-refractivity contribution >= 4 is 11.8 Å². The first-order chi connectivity index (χ1) is 11.9. The van der Waals surface area contributed by atoms with Gasteiger partial charge in [-0.15, -0.1) is 6.42 Å². The van der Waals surface area contributed by atoms with Crippen molar-refractivity contribution in [3.05, 3.63) is 0 Å². The number of carbonyl (C=O) groups excluding carboxylic acids is 2. The number of likely N-dealkylation sites (N-methyl/N-ethyl adjacent to an activating group) is 1. The van der Waals surface area contributed by atoms with E-state index in [2.05, 4.69) is 16.1 Å². The second-order valence-corrected chi connectivity index (χ2v) is 7.51. The lowest BCUT2D eigenvalue weighted by molar-refractivity contribution is -0.142. The second-order valence-electron chi connectivity index (χ2n) is 7.51. The van der Waals surface area contributed by atoms with Crippen molar-refractivity contribution in [1.29, 1.82) is 0 Å². The van der Waals surface area contributed by atoms with Crippen molar-refractivity contribution in [3.8, 4) is 12.3 Å². The van der Waals surface area contributed by atoms with Crippen LogP contribution in [0.3, 0.4) is 0 Å². The summed E-state index contributed by atoms with van der Waals surface area (Å²) in [7, 11) is 1.72. The summed E-state index contributed by atoms with van der Waals surface area (Å²) >= 11 is 0. The minimum Gasteiger partial charge on any atom is -0.356 e. The molecule has 2 unspecified atom stereocenters. The third-order valence-electron chi connectivity index (χ3n) is 5.33. The standard InChI is InChI=1S/C19H31N3O3/c1-5-12-25-16(3)17(23)21(4)13-15(2)20-18(24)19-8-6-10-22(14-19)11-7-9-19/h1,15-16H,6-14H2,2-4H3,(H,20,24). The zero-order valence-electron chi connectivity index (χ0n) is 15.7. The van der Waals surface area contributed by atoms with Gasteiger partial charge in [0.15, 0.2) is 0 Å². The van der Waals surface area contributed by atoms with Crippen molar-refractivity contribution < 1.29 is 14.3 Å². The number of hydrogen-bond acceptors (Lipinski definition) is 4. The second kappa shape index (κ2) is 8.68. The maximum absolute atomic E-state index is 12.9. The van der Waals surface area contributed by atoms with E-state index < -0.39 is 6.10 Å². The van der Waals surface area contributed by atoms with Crippen LogP contribution in [0.1, 0.15) is 39.5 Å². The van der Waals surface area contributed by atoms with Crippen LogP contribution in [0, 0.1) is 17.8 Å². The largest absolute Gasteiger partial charge is 0.356 e. The van der Waals surface area contributed by atoms with Gasteiger partial charge >= 0.3 is 0 Å². The van der Waals surface area contributed by atoms with Crippen LogP contribution in [0.15, 0.2) is 0 Å². The number of hydrogen-bond donors (Lipinski definition) is 1. The summed E-state index contributed by atoms with van der Waals surface area (Å²) < 4.78 is 5.26. The molecular weight excluding hydrogens is 318 g/mol. The van der Waals surface area contributed by atoms with Gasteiger partial charge in [0.2, 0.25) is 5.91 Å². The van der Waals surface area contributed by atoms with Crippen molar-refractivity contribution in [2.45, 2.75) is 51.7 Å². The molecule has 2 bridgehead atoms. The van der Waals surface area contributed by atoms with E-state index in [0.29, 0.717) is 6.54 Å². The number of ether oxygens (including phenoxy) is 1. The van der Waals surface area contributed by atoms with Gasteiger partial charge in [-0.1, -0.05) is 5.92 Å². The van der Waals surface area contributed by atoms with E-state index >= 15 is 0 Å². The Bertz CT molecular complexity index is 518. The highest BCUT2D eigenvalue weighted by atomic mass is 16.5. The quantitative estimate of drug-likeness (QED) is 0.693. The Hall–Kier alpha value is -1.58. The van der Waals surface area contributed by atoms with Gasteiger partial charge in [-0.25, -0.2) is 0 Å². The molecule has 0 aromatic heterocycles. The smallest absolute Gasteiger partial charge is 0.251 e. The number of rotatable bonds is 7. The van der Waals surface area contributed by atoms with E-state index in [9.17, 15) is 9.59 Å². The maximum atomic E-state index is 12.9. The van der Waals surface area contributed by atoms with Crippen LogP contribution in [0.4, 0.5) is 0 Å². The minimum atomic E-state index is -0.576. The fourth-order valence-electron chi connectivity index (χ4n) is 4.04. The molecule has 0 aromatic rings. The van der Waals surface area contributed by atoms with Crippen molar-refractivity contribution in [2.75, 3.05) is 39.8 Å². The normalized spacial score (nSPS) is 27.7. The molecule has 2 fully saturated rings. The first-order valence-electron chi connectivity index (χ1n) is 9.21. The molecule has 6 heteroatoms. The highest BCUT2D eigenvalue weighted by Gasteiger charge is 2.44. The Labute approximate surface area is 151 Å². The van der Waals surface area contributed by atoms with Crippen LogP contribution in [0.5, 0.6) is 0 Å². The van der Waals surface area contributed by atoms with E-state index in [0.717, 1.165) is 45.3 Å². The summed E-state index contributed by atoms with van der Waals surface area (Å²) in [5, 5.41) is 3.13. The number of nitrogens with zero attached hydrogens (tertiary/aromatic N) is 2. The average Bonchev–Trinajstić information content (AvgIpc) is 2.58. The van der Waals surface area contributed by atoms with E-state index in [-0.39, 0.29) is 29.9 Å². The lowest BCUT2D eigenvalue weighted by Gasteiger charge is -2.46. The fraction of sp³-hybridized carbons (Fsp3) is 0.789. The van der Waals surface area contributed by atoms with Crippen LogP contribution in [-0.4, -0.2) is 73.6 Å². The van der Waals surface area contributed by atoms with E-state index in [1.54, 1.807) is 18.9 Å². The minimum absolute atomic E-state index is 0.104. The SMILES string of the molecule is C#CCOC(C)C(=O)N(C)CC(C)NC(=O)C12CCCN(CCC1)C2. The molecular formula is C19H31N3O3. The molecule has 0 saturated carbocycles. The Morgan fingerprint density at radius 2 is 1.96 bits per heavy atom. The van der Waals surface area contributed by atoms with Crippen LogP contribution >= 0.6 is 0 Å². The molecule has 0 spiro atoms. The molecule has 25 heavy (non-hydrogen) atoms. The Kier molecular flexibility index (Phi) is 6.86. The number of fused-ring (bicyclic) bond motifs is 2. The van der Waals surface area contributed by atoms with Crippen LogP contribution < -0.4 is 5.32 Å². The molecule has 2 heterocycles. The number of piperidine rings is 2. The summed E-state index contributed by atoms with van der Waals surface area (Å²) in [5.41, 5.74) is -0.240. The number of carbonyl (C=O) groups is 2. The molecule has 2 saturated heterocycles. The van der Waals surface area contributed by atoms with Gasteiger partial charge in [0, 0.05) is 26.2 Å². The number of nitrogens with one attached hydrogen (secondary N) is 1. The zero-order valence-corrected chi connectivity index (χ0v) is 15.7. The summed E-state index contributed by atoms with van der Waals surface area (Å²) in [6, 6.07) is -0.104. The molecule has 6 nitrogen and oxygen atoms in total. The van der Waals surface area contributed by atoms with Crippen LogP contribution in [0.2, 0.25) is 0 Å². The third kappa shape index (κ3) is 4.96. The van der Waals surface area contributed by atoms with Gasteiger partial charge in [0.1, 0.15) is 12.7 Å². The first kappa shape index (κ1) is 19.7. The molecule has 1 N–H and O–H groups in total. The Morgan fingerprint density at radius 1 is 1.32 bits per heavy atom. The van der Waals surface area contributed by atoms with Crippen molar-refractivity contribution in [1.82, 2.24) is 15.1 Å². The van der Waals surface area contributed by atoms with Crippen LogP contribution in [0.25, 0.3) is 0 Å². The molecule has 2 aliphatic rings. The van der Waals surface area contributed by atoms with E-state index in [1.807, 2.05) is 6.92 Å². The van der Waals surface area contributed by atoms with Gasteiger partial charge in [-0.3, -0.25) is 9.59 Å². The zero-order chi connectivity index (χ0) is 18.4. The fourth-order valence-corrected chi connectivity index (χ4v) is 4.04. The molecule has 0 radical (unpaired) electrons. The summed E-state index contributed by atoms with van der Waals surface area (Å²) in [4.78, 5) is 29.1. The van der Waals surface area contributed by atoms with Crippen LogP contribution in [-0.2, 0) is 14.3 Å². The maximum Gasteiger partial charge on any atom is 0.251 e. The first-order valence-corrected chi connectivity index (χ1v) is 9.21. The van der Waals surface area contributed by atoms with Gasteiger partial charge in [-0.05, 0) is 52.6 Å². The van der Waals surface area contributed by atoms with E-state index in [1.165, 1.54) is 0 Å². The topological polar surface area (TPSA) is 61.9 Å². The highest BCUT2D eigenvalue weighted by Crippen LogP contribution is 2.38. The Morgan fingerprint density at radius 3 is 2.56 bits per heavy atom.